The molecule has 25 heavy (non-hydrogen) atoms. The molecule has 3 aromatic rings. The second-order valence-electron chi connectivity index (χ2n) is 6.30. The van der Waals surface area contributed by atoms with Crippen LogP contribution in [0.15, 0.2) is 55.0 Å². The van der Waals surface area contributed by atoms with Crippen LogP contribution in [0.1, 0.15) is 37.4 Å². The van der Waals surface area contributed by atoms with E-state index in [1.807, 2.05) is 42.5 Å². The molecular formula is C19H19ClN4O. The van der Waals surface area contributed by atoms with Gasteiger partial charge in [0.1, 0.15) is 18.3 Å². The van der Waals surface area contributed by atoms with Crippen molar-refractivity contribution in [1.82, 2.24) is 19.7 Å². The zero-order valence-electron chi connectivity index (χ0n) is 13.8. The molecule has 0 radical (unpaired) electrons. The normalized spacial score (nSPS) is 20.4. The summed E-state index contributed by atoms with van der Waals surface area (Å²) in [6.45, 7) is 0. The molecule has 0 spiro atoms. The lowest BCUT2D eigenvalue weighted by Crippen LogP contribution is -2.25. The topological polar surface area (TPSA) is 52.8 Å². The molecule has 0 amide bonds. The standard InChI is InChI=1S/C19H19ClN4O/c20-15-6-8-16(9-7-15)24-13-22-23-19(24)14-4-10-17(11-5-14)25-18-3-1-2-12-21-18/h1-3,6-9,12-14,17H,4-5,10-11H2. The molecule has 5 nitrogen and oxygen atoms in total. The minimum atomic E-state index is 0.220. The van der Waals surface area contributed by atoms with Crippen LogP contribution in [0, 0.1) is 0 Å². The summed E-state index contributed by atoms with van der Waals surface area (Å²) in [4.78, 5) is 4.24. The van der Waals surface area contributed by atoms with Crippen LogP contribution in [0.3, 0.4) is 0 Å². The third kappa shape index (κ3) is 3.66. The van der Waals surface area contributed by atoms with Crippen molar-refractivity contribution in [2.24, 2.45) is 0 Å². The number of halogens is 1. The van der Waals surface area contributed by atoms with Crippen LogP contribution < -0.4 is 4.74 Å². The van der Waals surface area contributed by atoms with Crippen molar-refractivity contribution in [3.63, 3.8) is 0 Å². The molecule has 1 saturated carbocycles. The number of ether oxygens (including phenoxy) is 1. The van der Waals surface area contributed by atoms with E-state index in [2.05, 4.69) is 19.7 Å². The minimum Gasteiger partial charge on any atom is -0.474 e. The molecule has 0 saturated heterocycles. The molecule has 1 aliphatic carbocycles. The molecule has 2 aromatic heterocycles. The molecule has 2 heterocycles. The van der Waals surface area contributed by atoms with E-state index >= 15 is 0 Å². The van der Waals surface area contributed by atoms with E-state index < -0.39 is 0 Å². The van der Waals surface area contributed by atoms with Gasteiger partial charge in [-0.3, -0.25) is 4.57 Å². The van der Waals surface area contributed by atoms with Crippen LogP contribution in [0.2, 0.25) is 5.02 Å². The highest BCUT2D eigenvalue weighted by atomic mass is 35.5. The highest BCUT2D eigenvalue weighted by Crippen LogP contribution is 2.34. The summed E-state index contributed by atoms with van der Waals surface area (Å²) in [5, 5.41) is 9.22. The molecule has 0 bridgehead atoms. The number of aromatic nitrogens is 4. The Balaban J connectivity index is 1.43. The Hall–Kier alpha value is -2.40. The van der Waals surface area contributed by atoms with Crippen molar-refractivity contribution in [2.45, 2.75) is 37.7 Å². The minimum absolute atomic E-state index is 0.220. The van der Waals surface area contributed by atoms with E-state index in [1.165, 1.54) is 0 Å². The van der Waals surface area contributed by atoms with E-state index in [0.29, 0.717) is 11.8 Å². The molecule has 6 heteroatoms. The summed E-state index contributed by atoms with van der Waals surface area (Å²) in [7, 11) is 0. The van der Waals surface area contributed by atoms with Crippen LogP contribution in [0.25, 0.3) is 5.69 Å². The van der Waals surface area contributed by atoms with Crippen LogP contribution in [0.5, 0.6) is 5.88 Å². The first-order chi connectivity index (χ1) is 12.3. The molecule has 4 rings (SSSR count). The first-order valence-electron chi connectivity index (χ1n) is 8.53. The van der Waals surface area contributed by atoms with Crippen LogP contribution in [-0.2, 0) is 0 Å². The number of nitrogens with zero attached hydrogens (tertiary/aromatic N) is 4. The monoisotopic (exact) mass is 354 g/mol. The van der Waals surface area contributed by atoms with Crippen LogP contribution >= 0.6 is 11.6 Å². The summed E-state index contributed by atoms with van der Waals surface area (Å²) < 4.78 is 8.04. The predicted molar refractivity (Wildman–Crippen MR) is 96.2 cm³/mol. The van der Waals surface area contributed by atoms with Gasteiger partial charge < -0.3 is 4.74 Å². The molecule has 1 aromatic carbocycles. The lowest BCUT2D eigenvalue weighted by molar-refractivity contribution is 0.139. The number of rotatable bonds is 4. The van der Waals surface area contributed by atoms with Crippen molar-refractivity contribution in [3.8, 4) is 11.6 Å². The average molecular weight is 355 g/mol. The molecule has 128 valence electrons. The predicted octanol–water partition coefficient (Wildman–Crippen LogP) is 4.42. The van der Waals surface area contributed by atoms with Gasteiger partial charge in [0.2, 0.25) is 5.88 Å². The molecule has 0 atom stereocenters. The van der Waals surface area contributed by atoms with E-state index in [1.54, 1.807) is 12.5 Å². The van der Waals surface area contributed by atoms with Gasteiger partial charge in [0.15, 0.2) is 0 Å². The second kappa shape index (κ2) is 7.23. The van der Waals surface area contributed by atoms with Gasteiger partial charge in [0, 0.05) is 28.9 Å². The Bertz CT molecular complexity index is 811. The second-order valence-corrected chi connectivity index (χ2v) is 6.73. The van der Waals surface area contributed by atoms with Gasteiger partial charge in [-0.05, 0) is 56.0 Å². The Morgan fingerprint density at radius 3 is 2.52 bits per heavy atom. The molecule has 0 aliphatic heterocycles. The van der Waals surface area contributed by atoms with Gasteiger partial charge in [-0.1, -0.05) is 17.7 Å². The van der Waals surface area contributed by atoms with Gasteiger partial charge in [0.05, 0.1) is 0 Å². The third-order valence-electron chi connectivity index (χ3n) is 4.64. The number of benzene rings is 1. The van der Waals surface area contributed by atoms with Crippen molar-refractivity contribution in [1.29, 1.82) is 0 Å². The molecule has 0 unspecified atom stereocenters. The highest BCUT2D eigenvalue weighted by molar-refractivity contribution is 6.30. The van der Waals surface area contributed by atoms with Crippen molar-refractivity contribution < 1.29 is 4.74 Å². The van der Waals surface area contributed by atoms with Gasteiger partial charge in [-0.2, -0.15) is 0 Å². The summed E-state index contributed by atoms with van der Waals surface area (Å²) in [6.07, 6.45) is 7.81. The van der Waals surface area contributed by atoms with Crippen molar-refractivity contribution in [3.05, 3.63) is 65.8 Å². The first kappa shape index (κ1) is 16.1. The maximum atomic E-state index is 5.98. The van der Waals surface area contributed by atoms with Crippen molar-refractivity contribution >= 4 is 11.6 Å². The summed E-state index contributed by atoms with van der Waals surface area (Å²) in [6, 6.07) is 13.5. The maximum absolute atomic E-state index is 5.98. The Morgan fingerprint density at radius 1 is 1.00 bits per heavy atom. The van der Waals surface area contributed by atoms with Crippen LogP contribution in [-0.4, -0.2) is 25.9 Å². The highest BCUT2D eigenvalue weighted by Gasteiger charge is 2.27. The quantitative estimate of drug-likeness (QED) is 0.695. The van der Waals surface area contributed by atoms with Crippen molar-refractivity contribution in [2.75, 3.05) is 0 Å². The Kier molecular flexibility index (Phi) is 4.65. The van der Waals surface area contributed by atoms with Gasteiger partial charge >= 0.3 is 0 Å². The molecule has 0 N–H and O–H groups in total. The van der Waals surface area contributed by atoms with Crippen LogP contribution in [0.4, 0.5) is 0 Å². The largest absolute Gasteiger partial charge is 0.474 e. The van der Waals surface area contributed by atoms with E-state index in [0.717, 1.165) is 42.2 Å². The van der Waals surface area contributed by atoms with Gasteiger partial charge in [0.25, 0.3) is 0 Å². The zero-order chi connectivity index (χ0) is 17.1. The number of hydrogen-bond donors (Lipinski definition) is 0. The summed E-state index contributed by atoms with van der Waals surface area (Å²) >= 11 is 5.98. The number of hydrogen-bond acceptors (Lipinski definition) is 4. The molecule has 1 fully saturated rings. The lowest BCUT2D eigenvalue weighted by Gasteiger charge is -2.28. The zero-order valence-corrected chi connectivity index (χ0v) is 14.5. The fourth-order valence-electron chi connectivity index (χ4n) is 3.35. The summed E-state index contributed by atoms with van der Waals surface area (Å²) in [5.41, 5.74) is 1.04. The lowest BCUT2D eigenvalue weighted by atomic mass is 9.86. The maximum Gasteiger partial charge on any atom is 0.213 e. The fraction of sp³-hybridized carbons (Fsp3) is 0.316. The fourth-order valence-corrected chi connectivity index (χ4v) is 3.48. The van der Waals surface area contributed by atoms with E-state index in [4.69, 9.17) is 16.3 Å². The number of pyridine rings is 1. The molecule has 1 aliphatic rings. The van der Waals surface area contributed by atoms with E-state index in [-0.39, 0.29) is 6.10 Å². The van der Waals surface area contributed by atoms with Gasteiger partial charge in [-0.25, -0.2) is 4.98 Å². The Labute approximate surface area is 151 Å². The van der Waals surface area contributed by atoms with E-state index in [9.17, 15) is 0 Å². The molecular weight excluding hydrogens is 336 g/mol. The average Bonchev–Trinajstić information content (AvgIpc) is 3.14. The smallest absolute Gasteiger partial charge is 0.213 e. The first-order valence-corrected chi connectivity index (χ1v) is 8.91. The third-order valence-corrected chi connectivity index (χ3v) is 4.90. The summed E-state index contributed by atoms with van der Waals surface area (Å²) in [5.74, 6) is 2.11. The Morgan fingerprint density at radius 2 is 1.80 bits per heavy atom. The SMILES string of the molecule is Clc1ccc(-n2cnnc2C2CCC(Oc3ccccn3)CC2)cc1. The van der Waals surface area contributed by atoms with Gasteiger partial charge in [-0.15, -0.1) is 10.2 Å².